The highest BCUT2D eigenvalue weighted by atomic mass is 35.5. The maximum Gasteiger partial charge on any atom is 0.258 e. The molecule has 1 fully saturated rings. The molecule has 0 aliphatic carbocycles. The minimum absolute atomic E-state index is 0.266. The van der Waals surface area contributed by atoms with Crippen molar-refractivity contribution in [2.45, 2.75) is 19.0 Å². The van der Waals surface area contributed by atoms with Gasteiger partial charge in [-0.15, -0.1) is 0 Å². The van der Waals surface area contributed by atoms with Gasteiger partial charge in [0.1, 0.15) is 6.04 Å². The molecule has 0 saturated carbocycles. The largest absolute Gasteiger partial charge is 0.338 e. The molecule has 2 atom stereocenters. The Morgan fingerprint density at radius 3 is 2.39 bits per heavy atom. The molecule has 5 nitrogen and oxygen atoms in total. The van der Waals surface area contributed by atoms with Gasteiger partial charge >= 0.3 is 0 Å². The lowest BCUT2D eigenvalue weighted by Crippen LogP contribution is -2.42. The van der Waals surface area contributed by atoms with E-state index in [0.29, 0.717) is 10.6 Å². The third kappa shape index (κ3) is 3.36. The first kappa shape index (κ1) is 15.5. The number of carbonyl (C=O) groups is 2. The van der Waals surface area contributed by atoms with Crippen LogP contribution in [0.25, 0.3) is 0 Å². The molecule has 1 aliphatic heterocycles. The van der Waals surface area contributed by atoms with Crippen LogP contribution in [0.4, 0.5) is 0 Å². The van der Waals surface area contributed by atoms with E-state index in [4.69, 9.17) is 11.6 Å². The number of hydrazine groups is 1. The minimum Gasteiger partial charge on any atom is -0.338 e. The third-order valence-corrected chi connectivity index (χ3v) is 4.05. The van der Waals surface area contributed by atoms with Crippen molar-refractivity contribution in [3.63, 3.8) is 0 Å². The molecule has 0 aromatic heterocycles. The van der Waals surface area contributed by atoms with E-state index < -0.39 is 6.04 Å². The second-order valence-corrected chi connectivity index (χ2v) is 5.92. The average molecular weight is 330 g/mol. The highest BCUT2D eigenvalue weighted by Gasteiger charge is 2.36. The Balaban J connectivity index is 1.78. The quantitative estimate of drug-likeness (QED) is 0.808. The molecule has 6 heteroatoms. The zero-order valence-corrected chi connectivity index (χ0v) is 13.2. The molecule has 1 aliphatic rings. The summed E-state index contributed by atoms with van der Waals surface area (Å²) < 4.78 is 0. The van der Waals surface area contributed by atoms with Gasteiger partial charge in [0, 0.05) is 10.6 Å². The second kappa shape index (κ2) is 6.40. The van der Waals surface area contributed by atoms with E-state index in [1.54, 1.807) is 24.3 Å². The summed E-state index contributed by atoms with van der Waals surface area (Å²) in [5.74, 6) is -0.583. The molecule has 3 N–H and O–H groups in total. The van der Waals surface area contributed by atoms with Gasteiger partial charge in [0.2, 0.25) is 0 Å². The second-order valence-electron chi connectivity index (χ2n) is 5.48. The van der Waals surface area contributed by atoms with Crippen molar-refractivity contribution in [2.75, 3.05) is 0 Å². The van der Waals surface area contributed by atoms with Crippen LogP contribution in [0.15, 0.2) is 48.5 Å². The van der Waals surface area contributed by atoms with Crippen LogP contribution < -0.4 is 16.2 Å². The van der Waals surface area contributed by atoms with Crippen LogP contribution in [-0.2, 0) is 4.79 Å². The lowest BCUT2D eigenvalue weighted by molar-refractivity contribution is -0.121. The smallest absolute Gasteiger partial charge is 0.258 e. The molecule has 2 amide bonds. The molecular weight excluding hydrogens is 314 g/mol. The molecule has 0 spiro atoms. The van der Waals surface area contributed by atoms with Crippen molar-refractivity contribution < 1.29 is 9.59 Å². The van der Waals surface area contributed by atoms with Crippen molar-refractivity contribution in [1.82, 2.24) is 16.2 Å². The Morgan fingerprint density at radius 2 is 1.74 bits per heavy atom. The minimum atomic E-state index is -0.680. The van der Waals surface area contributed by atoms with Gasteiger partial charge in [0.05, 0.1) is 6.04 Å². The molecule has 23 heavy (non-hydrogen) atoms. The predicted octanol–water partition coefficient (Wildman–Crippen LogP) is 2.12. The van der Waals surface area contributed by atoms with Crippen LogP contribution in [0.5, 0.6) is 0 Å². The van der Waals surface area contributed by atoms with Gasteiger partial charge in [-0.05, 0) is 36.8 Å². The fourth-order valence-corrected chi connectivity index (χ4v) is 2.61. The topological polar surface area (TPSA) is 70.2 Å². The summed E-state index contributed by atoms with van der Waals surface area (Å²) >= 11 is 5.82. The number of rotatable bonds is 3. The summed E-state index contributed by atoms with van der Waals surface area (Å²) in [4.78, 5) is 24.4. The highest BCUT2D eigenvalue weighted by Crippen LogP contribution is 2.21. The average Bonchev–Trinajstić information content (AvgIpc) is 2.90. The number of aryl methyl sites for hydroxylation is 1. The molecular formula is C17H16ClN3O2. The third-order valence-electron chi connectivity index (χ3n) is 3.80. The molecule has 3 rings (SSSR count). The fourth-order valence-electron chi connectivity index (χ4n) is 2.49. The summed E-state index contributed by atoms with van der Waals surface area (Å²) in [6, 6.07) is 13.3. The Kier molecular flexibility index (Phi) is 4.32. The monoisotopic (exact) mass is 329 g/mol. The molecule has 118 valence electrons. The van der Waals surface area contributed by atoms with Gasteiger partial charge < -0.3 is 5.32 Å². The Morgan fingerprint density at radius 1 is 1.09 bits per heavy atom. The number of hydrogen-bond acceptors (Lipinski definition) is 3. The van der Waals surface area contributed by atoms with Crippen molar-refractivity contribution in [1.29, 1.82) is 0 Å². The fraction of sp³-hybridized carbons (Fsp3) is 0.176. The summed E-state index contributed by atoms with van der Waals surface area (Å²) in [6.07, 6.45) is 0. The van der Waals surface area contributed by atoms with E-state index in [0.717, 1.165) is 11.1 Å². The normalized spacial score (nSPS) is 20.2. The van der Waals surface area contributed by atoms with Crippen LogP contribution in [0.1, 0.15) is 27.5 Å². The van der Waals surface area contributed by atoms with E-state index >= 15 is 0 Å². The summed E-state index contributed by atoms with van der Waals surface area (Å²) in [6.45, 7) is 2.00. The number of halogens is 1. The van der Waals surface area contributed by atoms with Gasteiger partial charge in [0.15, 0.2) is 0 Å². The predicted molar refractivity (Wildman–Crippen MR) is 87.9 cm³/mol. The van der Waals surface area contributed by atoms with Crippen LogP contribution in [0.2, 0.25) is 5.02 Å². The number of nitrogens with one attached hydrogen (secondary N) is 3. The first-order valence-electron chi connectivity index (χ1n) is 7.23. The van der Waals surface area contributed by atoms with E-state index in [9.17, 15) is 9.59 Å². The first-order valence-corrected chi connectivity index (χ1v) is 7.61. The Labute approximate surface area is 139 Å². The van der Waals surface area contributed by atoms with Gasteiger partial charge in [-0.25, -0.2) is 5.43 Å². The van der Waals surface area contributed by atoms with E-state index in [1.807, 2.05) is 31.2 Å². The SMILES string of the molecule is Cc1ccc([C@@H]2NNC(=O)[C@@H]2NC(=O)c2ccc(Cl)cc2)cc1. The Hall–Kier alpha value is -2.37. The van der Waals surface area contributed by atoms with E-state index in [1.165, 1.54) is 0 Å². The van der Waals surface area contributed by atoms with Crippen molar-refractivity contribution >= 4 is 23.4 Å². The van der Waals surface area contributed by atoms with Crippen molar-refractivity contribution in [3.05, 3.63) is 70.2 Å². The zero-order valence-electron chi connectivity index (χ0n) is 12.5. The first-order chi connectivity index (χ1) is 11.0. The zero-order chi connectivity index (χ0) is 16.4. The maximum atomic E-state index is 12.3. The van der Waals surface area contributed by atoms with Gasteiger partial charge in [-0.1, -0.05) is 41.4 Å². The Bertz CT molecular complexity index is 729. The lowest BCUT2D eigenvalue weighted by atomic mass is 9.99. The summed E-state index contributed by atoms with van der Waals surface area (Å²) in [5, 5.41) is 3.33. The summed E-state index contributed by atoms with van der Waals surface area (Å²) in [5.41, 5.74) is 8.01. The van der Waals surface area contributed by atoms with E-state index in [2.05, 4.69) is 16.2 Å². The standard InChI is InChI=1S/C17H16ClN3O2/c1-10-2-4-11(5-3-10)14-15(17(23)21-20-14)19-16(22)12-6-8-13(18)9-7-12/h2-9,14-15,20H,1H3,(H,19,22)(H,21,23)/t14-,15+/m0/s1. The molecule has 2 aromatic rings. The van der Waals surface area contributed by atoms with Crippen LogP contribution in [-0.4, -0.2) is 17.9 Å². The van der Waals surface area contributed by atoms with Crippen LogP contribution in [0.3, 0.4) is 0 Å². The molecule has 0 bridgehead atoms. The van der Waals surface area contributed by atoms with Crippen LogP contribution >= 0.6 is 11.6 Å². The molecule has 0 unspecified atom stereocenters. The van der Waals surface area contributed by atoms with Crippen LogP contribution in [0, 0.1) is 6.92 Å². The number of amides is 2. The number of carbonyl (C=O) groups excluding carboxylic acids is 2. The maximum absolute atomic E-state index is 12.3. The molecule has 0 radical (unpaired) electrons. The number of hydrogen-bond donors (Lipinski definition) is 3. The number of benzene rings is 2. The van der Waals surface area contributed by atoms with E-state index in [-0.39, 0.29) is 17.9 Å². The van der Waals surface area contributed by atoms with Crippen molar-refractivity contribution in [3.8, 4) is 0 Å². The van der Waals surface area contributed by atoms with Crippen molar-refractivity contribution in [2.24, 2.45) is 0 Å². The molecule has 1 heterocycles. The molecule has 1 saturated heterocycles. The van der Waals surface area contributed by atoms with Gasteiger partial charge in [0.25, 0.3) is 11.8 Å². The van der Waals surface area contributed by atoms with Gasteiger partial charge in [-0.3, -0.25) is 15.0 Å². The highest BCUT2D eigenvalue weighted by molar-refractivity contribution is 6.30. The lowest BCUT2D eigenvalue weighted by Gasteiger charge is -2.18. The summed E-state index contributed by atoms with van der Waals surface area (Å²) in [7, 11) is 0. The molecule has 2 aromatic carbocycles. The van der Waals surface area contributed by atoms with Gasteiger partial charge in [-0.2, -0.15) is 0 Å².